The fourth-order valence-corrected chi connectivity index (χ4v) is 0.570. The summed E-state index contributed by atoms with van der Waals surface area (Å²) in [7, 11) is 0. The van der Waals surface area contributed by atoms with Gasteiger partial charge in [-0.05, 0) is 11.8 Å². The van der Waals surface area contributed by atoms with Crippen molar-refractivity contribution in [3.63, 3.8) is 0 Å². The first-order valence-electron chi connectivity index (χ1n) is 1.94. The fraction of sp³-hybridized carbons (Fsp3) is 1.00. The first-order valence-corrected chi connectivity index (χ1v) is 3.09. The summed E-state index contributed by atoms with van der Waals surface area (Å²) in [6.45, 7) is 0. The smallest absolute Gasteiger partial charge is 0.255 e. The summed E-state index contributed by atoms with van der Waals surface area (Å²) in [6.07, 6.45) is 0. The van der Waals surface area contributed by atoms with Crippen LogP contribution in [-0.2, 0) is 0 Å². The van der Waals surface area contributed by atoms with Gasteiger partial charge < -0.3 is 0 Å². The van der Waals surface area contributed by atoms with Crippen LogP contribution in [0.25, 0.3) is 0 Å². The van der Waals surface area contributed by atoms with Crippen LogP contribution in [0.5, 0.6) is 0 Å². The Bertz CT molecular complexity index is 112. The maximum Gasteiger partial charge on any atom is 0.255 e. The molecule has 0 bridgehead atoms. The normalized spacial score (nSPS) is 8.89. The molecule has 0 aromatic carbocycles. The van der Waals surface area contributed by atoms with Crippen molar-refractivity contribution in [1.29, 1.82) is 0 Å². The fourth-order valence-electron chi connectivity index (χ4n) is 0.190. The predicted octanol–water partition coefficient (Wildman–Crippen LogP) is 0.188. The van der Waals surface area contributed by atoms with Gasteiger partial charge in [-0.15, -0.1) is 0 Å². The molecule has 9 heavy (non-hydrogen) atoms. The van der Waals surface area contributed by atoms with Gasteiger partial charge in [-0.3, -0.25) is 20.2 Å². The van der Waals surface area contributed by atoms with Crippen LogP contribution in [-0.4, -0.2) is 21.6 Å². The second-order valence-electron chi connectivity index (χ2n) is 1.13. The Hall–Kier alpha value is -0.850. The van der Waals surface area contributed by atoms with Gasteiger partial charge in [0.15, 0.2) is 0 Å². The monoisotopic (exact) mass is 152 g/mol. The van der Waals surface area contributed by atoms with Crippen LogP contribution in [0, 0.1) is 20.2 Å². The van der Waals surface area contributed by atoms with Crippen LogP contribution in [0.1, 0.15) is 0 Å². The minimum Gasteiger partial charge on any atom is -0.264 e. The van der Waals surface area contributed by atoms with Gasteiger partial charge in [0.05, 0.1) is 0 Å². The average Bonchev–Trinajstić information content (AvgIpc) is 1.63. The van der Waals surface area contributed by atoms with E-state index in [4.69, 9.17) is 0 Å². The highest BCUT2D eigenvalue weighted by Crippen LogP contribution is 1.97. The Morgan fingerprint density at radius 1 is 1.11 bits per heavy atom. The van der Waals surface area contributed by atoms with E-state index in [-0.39, 0.29) is 0 Å². The van der Waals surface area contributed by atoms with E-state index in [2.05, 4.69) is 0 Å². The van der Waals surface area contributed by atoms with Gasteiger partial charge in [-0.25, -0.2) is 0 Å². The van der Waals surface area contributed by atoms with Crippen LogP contribution >= 0.6 is 11.8 Å². The molecule has 0 rings (SSSR count). The number of rotatable bonds is 4. The third kappa shape index (κ3) is 7.15. The molecule has 0 saturated carbocycles. The van der Waals surface area contributed by atoms with Crippen molar-refractivity contribution < 1.29 is 9.85 Å². The molecule has 0 atom stereocenters. The molecular weight excluding hydrogens is 148 g/mol. The number of nitrogens with zero attached hydrogens (tertiary/aromatic N) is 2. The van der Waals surface area contributed by atoms with E-state index in [0.717, 1.165) is 0 Å². The molecular formula is C2H4N2O4S. The minimum atomic E-state index is -0.603. The van der Waals surface area contributed by atoms with Crippen LogP contribution in [0.15, 0.2) is 0 Å². The van der Waals surface area contributed by atoms with Crippen LogP contribution < -0.4 is 0 Å². The van der Waals surface area contributed by atoms with Crippen LogP contribution in [0.4, 0.5) is 0 Å². The summed E-state index contributed by atoms with van der Waals surface area (Å²) < 4.78 is 0. The number of nitro groups is 2. The quantitative estimate of drug-likeness (QED) is 0.326. The van der Waals surface area contributed by atoms with E-state index in [1.54, 1.807) is 0 Å². The molecule has 0 N–H and O–H groups in total. The molecule has 0 heterocycles. The maximum atomic E-state index is 9.54. The van der Waals surface area contributed by atoms with Crippen LogP contribution in [0.2, 0.25) is 0 Å². The summed E-state index contributed by atoms with van der Waals surface area (Å²) in [6, 6.07) is 0. The third-order valence-electron chi connectivity index (χ3n) is 0.393. The summed E-state index contributed by atoms with van der Waals surface area (Å²) in [5, 5.41) is 19.1. The molecule has 0 aromatic heterocycles. The Balaban J connectivity index is 3.10. The van der Waals surface area contributed by atoms with E-state index in [9.17, 15) is 20.2 Å². The van der Waals surface area contributed by atoms with Crippen molar-refractivity contribution in [2.75, 3.05) is 11.8 Å². The van der Waals surface area contributed by atoms with Crippen molar-refractivity contribution in [2.24, 2.45) is 0 Å². The molecule has 0 aliphatic heterocycles. The van der Waals surface area contributed by atoms with Gasteiger partial charge in [-0.2, -0.15) is 0 Å². The van der Waals surface area contributed by atoms with Crippen molar-refractivity contribution in [3.8, 4) is 0 Å². The van der Waals surface area contributed by atoms with Crippen molar-refractivity contribution in [1.82, 2.24) is 0 Å². The second-order valence-corrected chi connectivity index (χ2v) is 2.05. The Kier molecular flexibility index (Phi) is 3.69. The summed E-state index contributed by atoms with van der Waals surface area (Å²) in [5.74, 6) is -0.804. The zero-order valence-electron chi connectivity index (χ0n) is 4.35. The van der Waals surface area contributed by atoms with Crippen molar-refractivity contribution >= 4 is 11.8 Å². The largest absolute Gasteiger partial charge is 0.264 e. The predicted molar refractivity (Wildman–Crippen MR) is 31.3 cm³/mol. The zero-order chi connectivity index (χ0) is 7.28. The Labute approximate surface area is 54.5 Å². The van der Waals surface area contributed by atoms with E-state index in [1.165, 1.54) is 0 Å². The molecule has 0 aliphatic rings. The highest BCUT2D eigenvalue weighted by Gasteiger charge is 2.01. The van der Waals surface area contributed by atoms with E-state index < -0.39 is 21.6 Å². The molecule has 0 aromatic rings. The molecule has 0 aliphatic carbocycles. The molecule has 52 valence electrons. The standard InChI is InChI=1S/C2H4N2O4S/c5-3(6)1-9-2-4(7)8/h1-2H2. The van der Waals surface area contributed by atoms with Gasteiger partial charge in [0.1, 0.15) is 0 Å². The summed E-state index contributed by atoms with van der Waals surface area (Å²) in [5.41, 5.74) is 0. The van der Waals surface area contributed by atoms with E-state index in [1.807, 2.05) is 0 Å². The van der Waals surface area contributed by atoms with Gasteiger partial charge in [0, 0.05) is 9.85 Å². The average molecular weight is 152 g/mol. The third-order valence-corrected chi connectivity index (χ3v) is 1.18. The highest BCUT2D eigenvalue weighted by atomic mass is 32.2. The first-order chi connectivity index (χ1) is 4.13. The molecule has 7 heteroatoms. The maximum absolute atomic E-state index is 9.54. The van der Waals surface area contributed by atoms with Gasteiger partial charge in [-0.1, -0.05) is 0 Å². The molecule has 0 fully saturated rings. The summed E-state index contributed by atoms with van der Waals surface area (Å²) in [4.78, 5) is 17.9. The minimum absolute atomic E-state index is 0.402. The Morgan fingerprint density at radius 2 is 1.44 bits per heavy atom. The molecule has 0 spiro atoms. The van der Waals surface area contributed by atoms with Gasteiger partial charge in [0.25, 0.3) is 11.8 Å². The number of hydrogen-bond donors (Lipinski definition) is 0. The lowest BCUT2D eigenvalue weighted by Crippen LogP contribution is -2.01. The molecule has 0 amide bonds. The lowest BCUT2D eigenvalue weighted by atomic mass is 11.5. The van der Waals surface area contributed by atoms with Gasteiger partial charge in [0.2, 0.25) is 0 Å². The van der Waals surface area contributed by atoms with Crippen molar-refractivity contribution in [2.45, 2.75) is 0 Å². The zero-order valence-corrected chi connectivity index (χ0v) is 5.17. The first kappa shape index (κ1) is 8.15. The highest BCUT2D eigenvalue weighted by molar-refractivity contribution is 7.98. The molecule has 0 saturated heterocycles. The molecule has 0 unspecified atom stereocenters. The Morgan fingerprint density at radius 3 is 1.67 bits per heavy atom. The molecule has 0 radical (unpaired) electrons. The second kappa shape index (κ2) is 4.07. The SMILES string of the molecule is O=[N+]([O-])CSC[N+](=O)[O-]. The van der Waals surface area contributed by atoms with Crippen LogP contribution in [0.3, 0.4) is 0 Å². The lowest BCUT2D eigenvalue weighted by Gasteiger charge is -1.86. The van der Waals surface area contributed by atoms with Gasteiger partial charge >= 0.3 is 0 Å². The van der Waals surface area contributed by atoms with E-state index in [0.29, 0.717) is 11.8 Å². The van der Waals surface area contributed by atoms with Crippen molar-refractivity contribution in [3.05, 3.63) is 20.2 Å². The topological polar surface area (TPSA) is 86.3 Å². The number of hydrogen-bond acceptors (Lipinski definition) is 5. The molecule has 6 nitrogen and oxygen atoms in total. The lowest BCUT2D eigenvalue weighted by molar-refractivity contribution is -0.467. The summed E-state index contributed by atoms with van der Waals surface area (Å²) >= 11 is 0.671. The van der Waals surface area contributed by atoms with E-state index >= 15 is 0 Å². The number of thioether (sulfide) groups is 1.